The molecule has 1 N–H and O–H groups in total. The van der Waals surface area contributed by atoms with E-state index in [0.29, 0.717) is 15.6 Å². The predicted octanol–water partition coefficient (Wildman–Crippen LogP) is 4.45. The van der Waals surface area contributed by atoms with Crippen molar-refractivity contribution in [1.82, 2.24) is 0 Å². The van der Waals surface area contributed by atoms with Crippen LogP contribution in [-0.2, 0) is 11.2 Å². The number of hydrogen-bond donors (Lipinski definition) is 1. The van der Waals surface area contributed by atoms with Crippen molar-refractivity contribution in [1.29, 1.82) is 0 Å². The molecule has 0 radical (unpaired) electrons. The molecule has 0 aromatic heterocycles. The van der Waals surface area contributed by atoms with Gasteiger partial charge in [-0.3, -0.25) is 4.79 Å². The molecule has 2 nitrogen and oxygen atoms in total. The average molecular weight is 316 g/mol. The van der Waals surface area contributed by atoms with Crippen molar-refractivity contribution in [3.63, 3.8) is 0 Å². The molecule has 0 bridgehead atoms. The van der Waals surface area contributed by atoms with Gasteiger partial charge in [-0.25, -0.2) is 8.78 Å². The zero-order chi connectivity index (χ0) is 14.7. The summed E-state index contributed by atoms with van der Waals surface area (Å²) in [6.07, 6.45) is -0.0635. The first-order valence-corrected chi connectivity index (χ1v) is 6.40. The Kier molecular flexibility index (Phi) is 4.57. The minimum absolute atomic E-state index is 0.0635. The van der Waals surface area contributed by atoms with E-state index in [4.69, 9.17) is 23.2 Å². The highest BCUT2D eigenvalue weighted by atomic mass is 35.5. The van der Waals surface area contributed by atoms with Crippen molar-refractivity contribution >= 4 is 34.8 Å². The summed E-state index contributed by atoms with van der Waals surface area (Å²) in [5.74, 6) is -1.84. The van der Waals surface area contributed by atoms with Crippen molar-refractivity contribution in [2.75, 3.05) is 5.32 Å². The first-order valence-electron chi connectivity index (χ1n) is 5.64. The average Bonchev–Trinajstić information content (AvgIpc) is 2.37. The zero-order valence-corrected chi connectivity index (χ0v) is 11.6. The summed E-state index contributed by atoms with van der Waals surface area (Å²) in [5, 5.41) is 3.09. The van der Waals surface area contributed by atoms with Crippen LogP contribution in [0.15, 0.2) is 36.4 Å². The largest absolute Gasteiger partial charge is 0.323 e. The summed E-state index contributed by atoms with van der Waals surface area (Å²) >= 11 is 11.7. The third-order valence-corrected chi connectivity index (χ3v) is 3.16. The summed E-state index contributed by atoms with van der Waals surface area (Å²) in [4.78, 5) is 11.8. The van der Waals surface area contributed by atoms with Crippen molar-refractivity contribution in [3.05, 3.63) is 63.6 Å². The van der Waals surface area contributed by atoms with Crippen LogP contribution in [-0.4, -0.2) is 5.91 Å². The van der Waals surface area contributed by atoms with Gasteiger partial charge in [0.1, 0.15) is 11.6 Å². The lowest BCUT2D eigenvalue weighted by atomic mass is 10.1. The Balaban J connectivity index is 2.11. The first kappa shape index (κ1) is 14.8. The van der Waals surface area contributed by atoms with Gasteiger partial charge >= 0.3 is 0 Å². The molecule has 2 aromatic carbocycles. The highest BCUT2D eigenvalue weighted by molar-refractivity contribution is 6.35. The molecular formula is C14H9Cl2F2NO. The summed E-state index contributed by atoms with van der Waals surface area (Å²) in [7, 11) is 0. The van der Waals surface area contributed by atoms with Gasteiger partial charge in [0.2, 0.25) is 5.91 Å². The predicted molar refractivity (Wildman–Crippen MR) is 75.2 cm³/mol. The minimum Gasteiger partial charge on any atom is -0.323 e. The van der Waals surface area contributed by atoms with E-state index in [-0.39, 0.29) is 12.1 Å². The van der Waals surface area contributed by atoms with E-state index in [9.17, 15) is 13.6 Å². The number of carbonyl (C=O) groups is 1. The highest BCUT2D eigenvalue weighted by Gasteiger charge is 2.11. The van der Waals surface area contributed by atoms with Crippen LogP contribution in [0.2, 0.25) is 10.0 Å². The number of hydrogen-bond acceptors (Lipinski definition) is 1. The molecule has 0 heterocycles. The monoisotopic (exact) mass is 315 g/mol. The summed E-state index contributed by atoms with van der Waals surface area (Å²) in [6, 6.07) is 7.54. The van der Waals surface area contributed by atoms with Crippen molar-refractivity contribution < 1.29 is 13.6 Å². The number of benzene rings is 2. The van der Waals surface area contributed by atoms with Crippen LogP contribution in [0.25, 0.3) is 0 Å². The maximum Gasteiger partial charge on any atom is 0.228 e. The third kappa shape index (κ3) is 3.68. The van der Waals surface area contributed by atoms with Crippen LogP contribution in [0, 0.1) is 11.6 Å². The third-order valence-electron chi connectivity index (χ3n) is 2.57. The van der Waals surface area contributed by atoms with E-state index >= 15 is 0 Å². The lowest BCUT2D eigenvalue weighted by Gasteiger charge is -2.08. The van der Waals surface area contributed by atoms with Crippen LogP contribution in [0.5, 0.6) is 0 Å². The van der Waals surface area contributed by atoms with Gasteiger partial charge in [-0.15, -0.1) is 0 Å². The van der Waals surface area contributed by atoms with Crippen molar-refractivity contribution in [2.24, 2.45) is 0 Å². The fraction of sp³-hybridized carbons (Fsp3) is 0.0714. The molecule has 0 fully saturated rings. The molecule has 104 valence electrons. The van der Waals surface area contributed by atoms with Gasteiger partial charge in [0.05, 0.1) is 12.1 Å². The van der Waals surface area contributed by atoms with E-state index in [1.54, 1.807) is 12.1 Å². The molecule has 0 saturated carbocycles. The second-order valence-corrected chi connectivity index (χ2v) is 4.93. The van der Waals surface area contributed by atoms with E-state index in [1.165, 1.54) is 6.07 Å². The molecule has 20 heavy (non-hydrogen) atoms. The van der Waals surface area contributed by atoms with Crippen LogP contribution < -0.4 is 5.32 Å². The lowest BCUT2D eigenvalue weighted by Crippen LogP contribution is -2.15. The lowest BCUT2D eigenvalue weighted by molar-refractivity contribution is -0.115. The highest BCUT2D eigenvalue weighted by Crippen LogP contribution is 2.22. The Bertz CT molecular complexity index is 662. The van der Waals surface area contributed by atoms with E-state index in [2.05, 4.69) is 5.32 Å². The van der Waals surface area contributed by atoms with Crippen LogP contribution >= 0.6 is 23.2 Å². The quantitative estimate of drug-likeness (QED) is 0.890. The molecule has 2 aromatic rings. The molecule has 0 aliphatic carbocycles. The smallest absolute Gasteiger partial charge is 0.228 e. The van der Waals surface area contributed by atoms with Crippen LogP contribution in [0.4, 0.5) is 14.5 Å². The minimum atomic E-state index is -0.707. The van der Waals surface area contributed by atoms with Gasteiger partial charge < -0.3 is 5.32 Å². The number of rotatable bonds is 3. The van der Waals surface area contributed by atoms with Gasteiger partial charge in [-0.1, -0.05) is 29.3 Å². The Hall–Kier alpha value is -1.65. The molecule has 0 aliphatic rings. The number of nitrogens with one attached hydrogen (secondary N) is 1. The maximum absolute atomic E-state index is 13.4. The van der Waals surface area contributed by atoms with Crippen LogP contribution in [0.1, 0.15) is 5.56 Å². The van der Waals surface area contributed by atoms with Crippen LogP contribution in [0.3, 0.4) is 0 Å². The number of anilines is 1. The van der Waals surface area contributed by atoms with E-state index < -0.39 is 17.5 Å². The molecule has 0 atom stereocenters. The second kappa shape index (κ2) is 6.20. The number of amides is 1. The fourth-order valence-corrected chi connectivity index (χ4v) is 2.10. The molecule has 0 aliphatic heterocycles. The standard InChI is InChI=1S/C14H9Cl2F2NO/c15-9-2-1-8(11(16)6-9)5-14(20)19-13-7-10(17)3-4-12(13)18/h1-4,6-7H,5H2,(H,19,20). The molecule has 2 rings (SSSR count). The van der Waals surface area contributed by atoms with Gasteiger partial charge in [0, 0.05) is 16.1 Å². The van der Waals surface area contributed by atoms with Gasteiger partial charge in [-0.05, 0) is 29.8 Å². The van der Waals surface area contributed by atoms with Gasteiger partial charge in [0.25, 0.3) is 0 Å². The number of halogens is 4. The SMILES string of the molecule is O=C(Cc1ccc(Cl)cc1Cl)Nc1cc(F)ccc1F. The maximum atomic E-state index is 13.4. The Labute approximate surface area is 124 Å². The van der Waals surface area contributed by atoms with Gasteiger partial charge in [0.15, 0.2) is 0 Å². The van der Waals surface area contributed by atoms with Crippen molar-refractivity contribution in [3.8, 4) is 0 Å². The zero-order valence-electron chi connectivity index (χ0n) is 10.1. The summed E-state index contributed by atoms with van der Waals surface area (Å²) < 4.78 is 26.4. The number of carbonyl (C=O) groups excluding carboxylic acids is 1. The Morgan fingerprint density at radius 3 is 2.55 bits per heavy atom. The molecule has 0 spiro atoms. The van der Waals surface area contributed by atoms with Crippen molar-refractivity contribution in [2.45, 2.75) is 6.42 Å². The summed E-state index contributed by atoms with van der Waals surface area (Å²) in [6.45, 7) is 0. The first-order chi connectivity index (χ1) is 9.45. The Morgan fingerprint density at radius 2 is 1.85 bits per heavy atom. The fourth-order valence-electron chi connectivity index (χ4n) is 1.63. The van der Waals surface area contributed by atoms with E-state index in [1.807, 2.05) is 0 Å². The second-order valence-electron chi connectivity index (χ2n) is 4.08. The molecule has 6 heteroatoms. The van der Waals surface area contributed by atoms with E-state index in [0.717, 1.165) is 18.2 Å². The molecule has 0 unspecified atom stereocenters. The topological polar surface area (TPSA) is 29.1 Å². The Morgan fingerprint density at radius 1 is 1.10 bits per heavy atom. The van der Waals surface area contributed by atoms with Gasteiger partial charge in [-0.2, -0.15) is 0 Å². The summed E-state index contributed by atoms with van der Waals surface area (Å²) in [5.41, 5.74) is 0.338. The molecular weight excluding hydrogens is 307 g/mol. The molecule has 0 saturated heterocycles. The molecule has 1 amide bonds. The normalized spacial score (nSPS) is 10.4.